The zero-order valence-electron chi connectivity index (χ0n) is 10.9. The van der Waals surface area contributed by atoms with Gasteiger partial charge in [0.25, 0.3) is 0 Å². The molecule has 0 bridgehead atoms. The molecule has 0 aromatic rings. The van der Waals surface area contributed by atoms with Gasteiger partial charge in [-0.15, -0.1) is 0 Å². The van der Waals surface area contributed by atoms with E-state index in [1.165, 1.54) is 0 Å². The molecule has 2 amide bonds. The van der Waals surface area contributed by atoms with E-state index in [0.717, 1.165) is 0 Å². The topological polar surface area (TPSA) is 74.7 Å². The summed E-state index contributed by atoms with van der Waals surface area (Å²) in [5.41, 5.74) is -0.704. The van der Waals surface area contributed by atoms with Crippen LogP contribution >= 0.6 is 0 Å². The molecule has 2 N–H and O–H groups in total. The molecule has 1 rings (SSSR count). The lowest BCUT2D eigenvalue weighted by Gasteiger charge is -2.39. The number of carbonyl (C=O) groups is 1. The summed E-state index contributed by atoms with van der Waals surface area (Å²) in [6.45, 7) is 5.17. The average Bonchev–Trinajstić information content (AvgIpc) is 2.49. The summed E-state index contributed by atoms with van der Waals surface area (Å²) in [6, 6.07) is -0.252. The summed E-state index contributed by atoms with van der Waals surface area (Å²) >= 11 is 0. The highest BCUT2D eigenvalue weighted by Gasteiger charge is 2.52. The molecule has 0 aromatic carbocycles. The predicted octanol–water partition coefficient (Wildman–Crippen LogP) is 0.676. The van der Waals surface area contributed by atoms with Crippen LogP contribution in [-0.2, 0) is 9.47 Å². The van der Waals surface area contributed by atoms with Crippen LogP contribution in [0.3, 0.4) is 0 Å². The maximum Gasteiger partial charge on any atom is 0.323 e. The minimum Gasteiger partial charge on any atom is -0.383 e. The number of ether oxygens (including phenoxy) is 2. The zero-order valence-corrected chi connectivity index (χ0v) is 10.9. The van der Waals surface area contributed by atoms with Crippen LogP contribution in [0.4, 0.5) is 4.79 Å². The van der Waals surface area contributed by atoms with Crippen molar-refractivity contribution < 1.29 is 14.3 Å². The Bertz CT molecular complexity index is 306. The second-order valence-electron chi connectivity index (χ2n) is 4.46. The van der Waals surface area contributed by atoms with Crippen molar-refractivity contribution in [1.29, 1.82) is 5.41 Å². The lowest BCUT2D eigenvalue weighted by atomic mass is 9.85. The van der Waals surface area contributed by atoms with Crippen LogP contribution in [0.5, 0.6) is 0 Å². The first-order valence-corrected chi connectivity index (χ1v) is 5.66. The van der Waals surface area contributed by atoms with Crippen molar-refractivity contribution >= 4 is 11.9 Å². The number of methoxy groups -OCH3 is 2. The Morgan fingerprint density at radius 1 is 1.41 bits per heavy atom. The summed E-state index contributed by atoms with van der Waals surface area (Å²) in [7, 11) is 3.17. The molecule has 98 valence electrons. The van der Waals surface area contributed by atoms with Crippen LogP contribution in [0.1, 0.15) is 13.8 Å². The average molecular weight is 243 g/mol. The van der Waals surface area contributed by atoms with Crippen molar-refractivity contribution in [1.82, 2.24) is 10.2 Å². The highest BCUT2D eigenvalue weighted by molar-refractivity contribution is 6.08. The molecule has 0 aliphatic carbocycles. The van der Waals surface area contributed by atoms with Gasteiger partial charge < -0.3 is 14.4 Å². The highest BCUT2D eigenvalue weighted by Crippen LogP contribution is 2.30. The Kier molecular flexibility index (Phi) is 4.47. The van der Waals surface area contributed by atoms with E-state index in [9.17, 15) is 4.79 Å². The Morgan fingerprint density at radius 2 is 2.06 bits per heavy atom. The molecule has 1 aliphatic rings. The molecule has 1 unspecified atom stereocenters. The normalized spacial score (nSPS) is 24.6. The summed E-state index contributed by atoms with van der Waals surface area (Å²) in [6.07, 6.45) is 0. The molecular formula is C11H21N3O3. The van der Waals surface area contributed by atoms with Gasteiger partial charge in [-0.1, -0.05) is 13.8 Å². The van der Waals surface area contributed by atoms with Gasteiger partial charge in [0, 0.05) is 20.8 Å². The minimum absolute atomic E-state index is 0.0887. The van der Waals surface area contributed by atoms with Gasteiger partial charge in [0.15, 0.2) is 0 Å². The SMILES string of the molecule is COCCN1C(=O)NC(=N)C1(COC)C(C)C. The van der Waals surface area contributed by atoms with Crippen molar-refractivity contribution in [3.05, 3.63) is 0 Å². The summed E-state index contributed by atoms with van der Waals surface area (Å²) < 4.78 is 10.2. The number of nitrogens with zero attached hydrogens (tertiary/aromatic N) is 1. The maximum atomic E-state index is 11.8. The van der Waals surface area contributed by atoms with E-state index in [1.54, 1.807) is 19.1 Å². The first-order valence-electron chi connectivity index (χ1n) is 5.66. The second-order valence-corrected chi connectivity index (χ2v) is 4.46. The smallest absolute Gasteiger partial charge is 0.323 e. The standard InChI is InChI=1S/C11H21N3O3/c1-8(2)11(7-17-4)9(12)13-10(15)14(11)5-6-16-3/h8H,5-7H2,1-4H3,(H2,12,13,15). The van der Waals surface area contributed by atoms with Gasteiger partial charge in [-0.05, 0) is 5.92 Å². The molecule has 6 heteroatoms. The van der Waals surface area contributed by atoms with Crippen molar-refractivity contribution in [2.45, 2.75) is 19.4 Å². The molecule has 0 saturated carbocycles. The quantitative estimate of drug-likeness (QED) is 0.720. The van der Waals surface area contributed by atoms with E-state index in [0.29, 0.717) is 19.8 Å². The first kappa shape index (κ1) is 13.9. The number of amidine groups is 1. The molecule has 6 nitrogen and oxygen atoms in total. The second kappa shape index (κ2) is 5.46. The lowest BCUT2D eigenvalue weighted by Crippen LogP contribution is -2.57. The van der Waals surface area contributed by atoms with Crippen molar-refractivity contribution in [2.75, 3.05) is 34.0 Å². The Balaban J connectivity index is 3.02. The van der Waals surface area contributed by atoms with Gasteiger partial charge in [-0.2, -0.15) is 0 Å². The van der Waals surface area contributed by atoms with E-state index in [1.807, 2.05) is 13.8 Å². The number of carbonyl (C=O) groups excluding carboxylic acids is 1. The molecule has 0 radical (unpaired) electrons. The van der Waals surface area contributed by atoms with E-state index >= 15 is 0 Å². The fraction of sp³-hybridized carbons (Fsp3) is 0.818. The van der Waals surface area contributed by atoms with Crippen molar-refractivity contribution in [3.8, 4) is 0 Å². The van der Waals surface area contributed by atoms with E-state index in [2.05, 4.69) is 5.32 Å². The summed E-state index contributed by atoms with van der Waals surface area (Å²) in [5, 5.41) is 10.6. The maximum absolute atomic E-state index is 11.8. The predicted molar refractivity (Wildman–Crippen MR) is 64.3 cm³/mol. The third kappa shape index (κ3) is 2.28. The molecule has 0 spiro atoms. The fourth-order valence-corrected chi connectivity index (χ4v) is 2.22. The Labute approximate surface area is 102 Å². The van der Waals surface area contributed by atoms with Crippen LogP contribution in [0.15, 0.2) is 0 Å². The summed E-state index contributed by atoms with van der Waals surface area (Å²) in [5.74, 6) is 0.293. The number of nitrogens with one attached hydrogen (secondary N) is 2. The van der Waals surface area contributed by atoms with E-state index in [4.69, 9.17) is 14.9 Å². The fourth-order valence-electron chi connectivity index (χ4n) is 2.22. The number of urea groups is 1. The third-order valence-corrected chi connectivity index (χ3v) is 3.23. The Hall–Kier alpha value is -1.14. The van der Waals surface area contributed by atoms with Crippen LogP contribution in [-0.4, -0.2) is 56.3 Å². The molecule has 0 aromatic heterocycles. The van der Waals surface area contributed by atoms with Crippen LogP contribution < -0.4 is 5.32 Å². The molecule has 1 aliphatic heterocycles. The van der Waals surface area contributed by atoms with Crippen LogP contribution in [0.25, 0.3) is 0 Å². The van der Waals surface area contributed by atoms with E-state index < -0.39 is 5.54 Å². The molecule has 1 heterocycles. The summed E-state index contributed by atoms with van der Waals surface area (Å²) in [4.78, 5) is 13.5. The molecular weight excluding hydrogens is 222 g/mol. The minimum atomic E-state index is -0.704. The van der Waals surface area contributed by atoms with E-state index in [-0.39, 0.29) is 17.8 Å². The zero-order chi connectivity index (χ0) is 13.1. The first-order chi connectivity index (χ1) is 8.00. The molecule has 1 atom stereocenters. The highest BCUT2D eigenvalue weighted by atomic mass is 16.5. The molecule has 17 heavy (non-hydrogen) atoms. The van der Waals surface area contributed by atoms with Crippen molar-refractivity contribution in [3.63, 3.8) is 0 Å². The lowest BCUT2D eigenvalue weighted by molar-refractivity contribution is 0.0444. The number of hydrogen-bond acceptors (Lipinski definition) is 4. The van der Waals surface area contributed by atoms with Gasteiger partial charge in [0.1, 0.15) is 11.4 Å². The Morgan fingerprint density at radius 3 is 2.53 bits per heavy atom. The number of hydrogen-bond donors (Lipinski definition) is 2. The van der Waals surface area contributed by atoms with Gasteiger partial charge >= 0.3 is 6.03 Å². The molecule has 1 saturated heterocycles. The van der Waals surface area contributed by atoms with Crippen molar-refractivity contribution in [2.24, 2.45) is 5.92 Å². The number of rotatable bonds is 6. The largest absolute Gasteiger partial charge is 0.383 e. The van der Waals surface area contributed by atoms with Gasteiger partial charge in [-0.25, -0.2) is 4.79 Å². The van der Waals surface area contributed by atoms with Gasteiger partial charge in [-0.3, -0.25) is 10.7 Å². The van der Waals surface area contributed by atoms with Gasteiger partial charge in [0.2, 0.25) is 0 Å². The van der Waals surface area contributed by atoms with Crippen LogP contribution in [0.2, 0.25) is 0 Å². The number of amides is 2. The third-order valence-electron chi connectivity index (χ3n) is 3.23. The molecule has 1 fully saturated rings. The van der Waals surface area contributed by atoms with Gasteiger partial charge in [0.05, 0.1) is 13.2 Å². The van der Waals surface area contributed by atoms with Crippen LogP contribution in [0, 0.1) is 11.3 Å². The monoisotopic (exact) mass is 243 g/mol.